The molecule has 0 atom stereocenters. The Morgan fingerprint density at radius 2 is 2.26 bits per heavy atom. The number of fused-ring (bicyclic) bond motifs is 1. The predicted molar refractivity (Wildman–Crippen MR) is 76.9 cm³/mol. The van der Waals surface area contributed by atoms with Crippen molar-refractivity contribution < 1.29 is 4.79 Å². The Labute approximate surface area is 117 Å². The fourth-order valence-electron chi connectivity index (χ4n) is 2.64. The van der Waals surface area contributed by atoms with Crippen molar-refractivity contribution in [3.05, 3.63) is 39.3 Å². The van der Waals surface area contributed by atoms with Crippen LogP contribution in [0.3, 0.4) is 0 Å². The molecule has 0 saturated heterocycles. The lowest BCUT2D eigenvalue weighted by Gasteiger charge is -2.08. The van der Waals surface area contributed by atoms with Gasteiger partial charge in [0.05, 0.1) is 4.88 Å². The number of nitrogens with zero attached hydrogens (tertiary/aromatic N) is 2. The van der Waals surface area contributed by atoms with E-state index in [0.717, 1.165) is 36.4 Å². The standard InChI is InChI=1S/C15H18N2OS/c1-2-9-17-12(7-8-16-17)15(18)14-10-11-5-3-4-6-13(11)19-14/h7-8,10H,2-6,9H2,1H3. The number of rotatable bonds is 4. The maximum absolute atomic E-state index is 12.6. The minimum Gasteiger partial charge on any atom is -0.286 e. The van der Waals surface area contributed by atoms with Crippen LogP contribution < -0.4 is 0 Å². The van der Waals surface area contributed by atoms with E-state index in [1.54, 1.807) is 17.5 Å². The first-order chi connectivity index (χ1) is 9.29. The van der Waals surface area contributed by atoms with Gasteiger partial charge < -0.3 is 0 Å². The van der Waals surface area contributed by atoms with Crippen LogP contribution in [0.15, 0.2) is 18.3 Å². The second-order valence-electron chi connectivity index (χ2n) is 5.03. The highest BCUT2D eigenvalue weighted by molar-refractivity contribution is 7.14. The van der Waals surface area contributed by atoms with Gasteiger partial charge in [0.15, 0.2) is 0 Å². The van der Waals surface area contributed by atoms with Crippen LogP contribution in [0.5, 0.6) is 0 Å². The maximum atomic E-state index is 12.6. The van der Waals surface area contributed by atoms with Crippen molar-refractivity contribution in [2.24, 2.45) is 0 Å². The first kappa shape index (κ1) is 12.6. The lowest BCUT2D eigenvalue weighted by molar-refractivity contribution is 0.103. The van der Waals surface area contributed by atoms with Crippen LogP contribution in [0.1, 0.15) is 52.0 Å². The highest BCUT2D eigenvalue weighted by Gasteiger charge is 2.20. The molecule has 0 spiro atoms. The molecule has 19 heavy (non-hydrogen) atoms. The minimum absolute atomic E-state index is 0.130. The van der Waals surface area contributed by atoms with Crippen LogP contribution in [0.4, 0.5) is 0 Å². The van der Waals surface area contributed by atoms with Crippen molar-refractivity contribution >= 4 is 17.1 Å². The Hall–Kier alpha value is -1.42. The molecule has 0 unspecified atom stereocenters. The fourth-order valence-corrected chi connectivity index (χ4v) is 3.85. The van der Waals surface area contributed by atoms with Crippen molar-refractivity contribution in [2.45, 2.75) is 45.6 Å². The number of hydrogen-bond acceptors (Lipinski definition) is 3. The number of ketones is 1. The summed E-state index contributed by atoms with van der Waals surface area (Å²) in [5, 5.41) is 4.23. The molecule has 4 heteroatoms. The maximum Gasteiger partial charge on any atom is 0.220 e. The summed E-state index contributed by atoms with van der Waals surface area (Å²) in [6, 6.07) is 3.93. The van der Waals surface area contributed by atoms with E-state index >= 15 is 0 Å². The third-order valence-corrected chi connectivity index (χ3v) is 4.84. The van der Waals surface area contributed by atoms with Gasteiger partial charge in [0.2, 0.25) is 5.78 Å². The van der Waals surface area contributed by atoms with E-state index in [2.05, 4.69) is 18.1 Å². The number of aromatic nitrogens is 2. The average molecular weight is 274 g/mol. The summed E-state index contributed by atoms with van der Waals surface area (Å²) in [7, 11) is 0. The molecule has 3 rings (SSSR count). The summed E-state index contributed by atoms with van der Waals surface area (Å²) >= 11 is 1.68. The number of carbonyl (C=O) groups is 1. The number of hydrogen-bond donors (Lipinski definition) is 0. The first-order valence-corrected chi connectivity index (χ1v) is 7.79. The number of thiophene rings is 1. The predicted octanol–water partition coefficient (Wildman–Crippen LogP) is 3.46. The summed E-state index contributed by atoms with van der Waals surface area (Å²) in [6.07, 6.45) is 7.49. The van der Waals surface area contributed by atoms with Gasteiger partial charge in [-0.1, -0.05) is 6.92 Å². The normalized spacial score (nSPS) is 14.4. The topological polar surface area (TPSA) is 34.9 Å². The van der Waals surface area contributed by atoms with Gasteiger partial charge in [-0.05, 0) is 49.8 Å². The Morgan fingerprint density at radius 1 is 1.42 bits per heavy atom. The zero-order valence-electron chi connectivity index (χ0n) is 11.2. The molecular weight excluding hydrogens is 256 g/mol. The summed E-state index contributed by atoms with van der Waals surface area (Å²) < 4.78 is 1.82. The van der Waals surface area contributed by atoms with Crippen LogP contribution in [0, 0.1) is 0 Å². The third-order valence-electron chi connectivity index (χ3n) is 3.60. The van der Waals surface area contributed by atoms with E-state index in [0.29, 0.717) is 0 Å². The van der Waals surface area contributed by atoms with Gasteiger partial charge >= 0.3 is 0 Å². The molecule has 0 bridgehead atoms. The average Bonchev–Trinajstić information content (AvgIpc) is 3.04. The number of carbonyl (C=O) groups excluding carboxylic acids is 1. The molecule has 0 radical (unpaired) electrons. The van der Waals surface area contributed by atoms with Gasteiger partial charge in [0.1, 0.15) is 5.69 Å². The molecule has 1 aliphatic rings. The van der Waals surface area contributed by atoms with Crippen molar-refractivity contribution in [3.63, 3.8) is 0 Å². The Balaban J connectivity index is 1.91. The van der Waals surface area contributed by atoms with Crippen molar-refractivity contribution in [1.82, 2.24) is 9.78 Å². The zero-order chi connectivity index (χ0) is 13.2. The van der Waals surface area contributed by atoms with E-state index in [9.17, 15) is 4.79 Å². The van der Waals surface area contributed by atoms with E-state index in [1.165, 1.54) is 23.3 Å². The van der Waals surface area contributed by atoms with Crippen molar-refractivity contribution in [2.75, 3.05) is 0 Å². The SMILES string of the molecule is CCCn1nccc1C(=O)c1cc2c(s1)CCCC2. The van der Waals surface area contributed by atoms with Gasteiger partial charge in [0, 0.05) is 17.6 Å². The molecule has 0 saturated carbocycles. The largest absolute Gasteiger partial charge is 0.286 e. The highest BCUT2D eigenvalue weighted by atomic mass is 32.1. The van der Waals surface area contributed by atoms with E-state index in [4.69, 9.17) is 0 Å². The smallest absolute Gasteiger partial charge is 0.220 e. The molecule has 2 aromatic heterocycles. The van der Waals surface area contributed by atoms with E-state index < -0.39 is 0 Å². The van der Waals surface area contributed by atoms with Crippen LogP contribution in [-0.2, 0) is 19.4 Å². The quantitative estimate of drug-likeness (QED) is 0.800. The Kier molecular flexibility index (Phi) is 3.51. The number of aryl methyl sites for hydroxylation is 3. The molecule has 1 aliphatic carbocycles. The lowest BCUT2D eigenvalue weighted by atomic mass is 9.99. The summed E-state index contributed by atoms with van der Waals surface area (Å²) in [6.45, 7) is 2.90. The minimum atomic E-state index is 0.130. The Morgan fingerprint density at radius 3 is 3.05 bits per heavy atom. The van der Waals surface area contributed by atoms with Crippen LogP contribution in [0.2, 0.25) is 0 Å². The van der Waals surface area contributed by atoms with Crippen LogP contribution >= 0.6 is 11.3 Å². The first-order valence-electron chi connectivity index (χ1n) is 6.97. The summed E-state index contributed by atoms with van der Waals surface area (Å²) in [5.41, 5.74) is 2.11. The summed E-state index contributed by atoms with van der Waals surface area (Å²) in [4.78, 5) is 14.9. The highest BCUT2D eigenvalue weighted by Crippen LogP contribution is 2.30. The molecule has 0 amide bonds. The van der Waals surface area contributed by atoms with Gasteiger partial charge in [-0.15, -0.1) is 11.3 Å². The molecule has 0 aliphatic heterocycles. The van der Waals surface area contributed by atoms with Crippen molar-refractivity contribution in [3.8, 4) is 0 Å². The molecule has 0 aromatic carbocycles. The van der Waals surface area contributed by atoms with E-state index in [-0.39, 0.29) is 5.78 Å². The molecule has 3 nitrogen and oxygen atoms in total. The monoisotopic (exact) mass is 274 g/mol. The fraction of sp³-hybridized carbons (Fsp3) is 0.467. The second-order valence-corrected chi connectivity index (χ2v) is 6.17. The molecule has 0 N–H and O–H groups in total. The Bertz CT molecular complexity index is 574. The van der Waals surface area contributed by atoms with Crippen LogP contribution in [0.25, 0.3) is 0 Å². The molecule has 0 fully saturated rings. The zero-order valence-corrected chi connectivity index (χ0v) is 12.0. The van der Waals surface area contributed by atoms with Gasteiger partial charge in [-0.3, -0.25) is 9.48 Å². The van der Waals surface area contributed by atoms with Gasteiger partial charge in [0.25, 0.3) is 0 Å². The van der Waals surface area contributed by atoms with Crippen LogP contribution in [-0.4, -0.2) is 15.6 Å². The van der Waals surface area contributed by atoms with Crippen molar-refractivity contribution in [1.29, 1.82) is 0 Å². The lowest BCUT2D eigenvalue weighted by Crippen LogP contribution is -2.10. The molecule has 100 valence electrons. The second kappa shape index (κ2) is 5.29. The summed E-state index contributed by atoms with van der Waals surface area (Å²) in [5.74, 6) is 0.130. The molecule has 2 heterocycles. The van der Waals surface area contributed by atoms with E-state index in [1.807, 2.05) is 10.7 Å². The van der Waals surface area contributed by atoms with Gasteiger partial charge in [-0.25, -0.2) is 0 Å². The molecule has 2 aromatic rings. The third kappa shape index (κ3) is 2.37. The van der Waals surface area contributed by atoms with Gasteiger partial charge in [-0.2, -0.15) is 5.10 Å². The molecular formula is C15H18N2OS.